The minimum Gasteiger partial charge on any atom is -0.487 e. The highest BCUT2D eigenvalue weighted by molar-refractivity contribution is 6.32. The number of hydrogen-bond donors (Lipinski definition) is 2. The molecule has 1 atom stereocenters. The van der Waals surface area contributed by atoms with Crippen molar-refractivity contribution in [3.8, 4) is 5.75 Å². The first kappa shape index (κ1) is 23.0. The summed E-state index contributed by atoms with van der Waals surface area (Å²) in [5, 5.41) is 1.07. The van der Waals surface area contributed by atoms with Crippen molar-refractivity contribution in [2.24, 2.45) is 5.92 Å². The lowest BCUT2D eigenvalue weighted by Gasteiger charge is -2.17. The van der Waals surface area contributed by atoms with E-state index in [4.69, 9.17) is 27.9 Å². The van der Waals surface area contributed by atoms with Crippen molar-refractivity contribution < 1.29 is 14.3 Å². The fraction of sp³-hybridized carbons (Fsp3) is 0.200. The Bertz CT molecular complexity index is 1150. The van der Waals surface area contributed by atoms with E-state index in [1.807, 2.05) is 43.3 Å². The Morgan fingerprint density at radius 1 is 1.06 bits per heavy atom. The number of nitrogens with one attached hydrogen (secondary N) is 2. The van der Waals surface area contributed by atoms with Crippen LogP contribution in [-0.2, 0) is 16.2 Å². The molecule has 0 radical (unpaired) electrons. The number of hydrogen-bond acceptors (Lipinski definition) is 4. The van der Waals surface area contributed by atoms with Crippen molar-refractivity contribution in [2.45, 2.75) is 20.0 Å². The lowest BCUT2D eigenvalue weighted by Crippen LogP contribution is -2.36. The Kier molecular flexibility index (Phi) is 7.06. The first-order chi connectivity index (χ1) is 15.9. The summed E-state index contributed by atoms with van der Waals surface area (Å²) in [4.78, 5) is 26.7. The zero-order valence-corrected chi connectivity index (χ0v) is 19.5. The molecule has 2 N–H and O–H groups in total. The van der Waals surface area contributed by atoms with Gasteiger partial charge in [-0.2, -0.15) is 0 Å². The molecule has 4 rings (SSSR count). The van der Waals surface area contributed by atoms with Crippen LogP contribution in [0.3, 0.4) is 0 Å². The topological polar surface area (TPSA) is 70.7 Å². The van der Waals surface area contributed by atoms with E-state index in [-0.39, 0.29) is 18.2 Å². The van der Waals surface area contributed by atoms with Gasteiger partial charge in [0.25, 0.3) is 0 Å². The van der Waals surface area contributed by atoms with Crippen molar-refractivity contribution in [1.29, 1.82) is 0 Å². The Morgan fingerprint density at radius 3 is 2.48 bits per heavy atom. The van der Waals surface area contributed by atoms with Gasteiger partial charge < -0.3 is 9.64 Å². The van der Waals surface area contributed by atoms with Crippen LogP contribution < -0.4 is 20.5 Å². The molecule has 0 aliphatic carbocycles. The molecular formula is C25H23Cl2N3O3. The second-order valence-corrected chi connectivity index (χ2v) is 8.76. The van der Waals surface area contributed by atoms with Crippen LogP contribution in [0.1, 0.15) is 17.5 Å². The first-order valence-electron chi connectivity index (χ1n) is 10.5. The van der Waals surface area contributed by atoms with Gasteiger partial charge >= 0.3 is 0 Å². The fourth-order valence-electron chi connectivity index (χ4n) is 3.53. The molecule has 0 unspecified atom stereocenters. The number of carbonyl (C=O) groups is 2. The lowest BCUT2D eigenvalue weighted by atomic mass is 10.1. The largest absolute Gasteiger partial charge is 0.487 e. The molecule has 0 spiro atoms. The summed E-state index contributed by atoms with van der Waals surface area (Å²) in [6.07, 6.45) is 0.166. The minimum atomic E-state index is -0.441. The monoisotopic (exact) mass is 483 g/mol. The Labute approximate surface area is 202 Å². The fourth-order valence-corrected chi connectivity index (χ4v) is 3.89. The van der Waals surface area contributed by atoms with Gasteiger partial charge in [-0.1, -0.05) is 53.0 Å². The summed E-state index contributed by atoms with van der Waals surface area (Å²) in [6, 6.07) is 20.2. The smallest absolute Gasteiger partial charge is 0.243 e. The van der Waals surface area contributed by atoms with Gasteiger partial charge in [-0.25, -0.2) is 0 Å². The number of halogens is 2. The maximum atomic E-state index is 12.6. The van der Waals surface area contributed by atoms with E-state index in [9.17, 15) is 9.59 Å². The summed E-state index contributed by atoms with van der Waals surface area (Å²) < 4.78 is 5.76. The van der Waals surface area contributed by atoms with Gasteiger partial charge in [0.2, 0.25) is 11.8 Å². The summed E-state index contributed by atoms with van der Waals surface area (Å²) >= 11 is 12.2. The number of hydrazine groups is 1. The van der Waals surface area contributed by atoms with Gasteiger partial charge in [-0.3, -0.25) is 20.4 Å². The average Bonchev–Trinajstić information content (AvgIpc) is 3.20. The maximum absolute atomic E-state index is 12.6. The van der Waals surface area contributed by atoms with Crippen LogP contribution in [0.15, 0.2) is 66.7 Å². The molecule has 170 valence electrons. The highest BCUT2D eigenvalue weighted by Gasteiger charge is 2.35. The van der Waals surface area contributed by atoms with E-state index >= 15 is 0 Å². The molecule has 1 aliphatic heterocycles. The molecule has 0 saturated carbocycles. The number of carbonyl (C=O) groups excluding carboxylic acids is 2. The van der Waals surface area contributed by atoms with Crippen molar-refractivity contribution in [3.05, 3.63) is 87.9 Å². The highest BCUT2D eigenvalue weighted by Crippen LogP contribution is 2.29. The van der Waals surface area contributed by atoms with Crippen LogP contribution in [-0.4, -0.2) is 18.4 Å². The quantitative estimate of drug-likeness (QED) is 0.442. The van der Waals surface area contributed by atoms with Crippen LogP contribution in [0, 0.1) is 12.8 Å². The predicted molar refractivity (Wildman–Crippen MR) is 131 cm³/mol. The molecule has 33 heavy (non-hydrogen) atoms. The number of rotatable bonds is 7. The van der Waals surface area contributed by atoms with Gasteiger partial charge in [-0.15, -0.1) is 0 Å². The SMILES string of the molecule is Cc1ccc(N2C[C@H](C(=O)NNc3ccc(OCc4ccc(Cl)cc4)c(Cl)c3)CC2=O)cc1. The molecular weight excluding hydrogens is 461 g/mol. The van der Waals surface area contributed by atoms with Gasteiger partial charge in [0.1, 0.15) is 12.4 Å². The van der Waals surface area contributed by atoms with E-state index < -0.39 is 5.92 Å². The van der Waals surface area contributed by atoms with Crippen LogP contribution in [0.5, 0.6) is 5.75 Å². The van der Waals surface area contributed by atoms with Crippen LogP contribution in [0.4, 0.5) is 11.4 Å². The number of aryl methyl sites for hydroxylation is 1. The summed E-state index contributed by atoms with van der Waals surface area (Å²) in [7, 11) is 0. The van der Waals surface area contributed by atoms with Crippen LogP contribution in [0.2, 0.25) is 10.0 Å². The Balaban J connectivity index is 1.30. The summed E-state index contributed by atoms with van der Waals surface area (Å²) in [5.74, 6) is -0.233. The molecule has 3 aromatic rings. The van der Waals surface area contributed by atoms with E-state index in [1.165, 1.54) is 0 Å². The molecule has 6 nitrogen and oxygen atoms in total. The third-order valence-corrected chi connectivity index (χ3v) is 5.96. The number of benzene rings is 3. The molecule has 0 bridgehead atoms. The molecule has 2 amide bonds. The summed E-state index contributed by atoms with van der Waals surface area (Å²) in [5.41, 5.74) is 9.02. The van der Waals surface area contributed by atoms with Gasteiger partial charge in [0.05, 0.1) is 16.6 Å². The third kappa shape index (κ3) is 5.78. The van der Waals surface area contributed by atoms with Crippen LogP contribution in [0.25, 0.3) is 0 Å². The van der Waals surface area contributed by atoms with Gasteiger partial charge in [0, 0.05) is 23.7 Å². The molecule has 1 saturated heterocycles. The minimum absolute atomic E-state index is 0.0655. The number of ether oxygens (including phenoxy) is 1. The summed E-state index contributed by atoms with van der Waals surface area (Å²) in [6.45, 7) is 2.68. The Hall–Kier alpha value is -3.22. The van der Waals surface area contributed by atoms with E-state index in [0.29, 0.717) is 34.6 Å². The first-order valence-corrected chi connectivity index (χ1v) is 11.2. The van der Waals surface area contributed by atoms with Gasteiger partial charge in [-0.05, 0) is 55.0 Å². The van der Waals surface area contributed by atoms with Crippen LogP contribution >= 0.6 is 23.2 Å². The van der Waals surface area contributed by atoms with E-state index in [0.717, 1.165) is 16.8 Å². The molecule has 3 aromatic carbocycles. The third-order valence-electron chi connectivity index (χ3n) is 5.41. The van der Waals surface area contributed by atoms with Crippen molar-refractivity contribution >= 4 is 46.4 Å². The van der Waals surface area contributed by atoms with Crippen molar-refractivity contribution in [3.63, 3.8) is 0 Å². The molecule has 1 heterocycles. The second kappa shape index (κ2) is 10.1. The van der Waals surface area contributed by atoms with Crippen molar-refractivity contribution in [1.82, 2.24) is 5.43 Å². The van der Waals surface area contributed by atoms with Crippen molar-refractivity contribution in [2.75, 3.05) is 16.9 Å². The number of nitrogens with zero attached hydrogens (tertiary/aromatic N) is 1. The average molecular weight is 484 g/mol. The predicted octanol–water partition coefficient (Wildman–Crippen LogP) is 5.38. The van der Waals surface area contributed by atoms with E-state index in [1.54, 1.807) is 35.2 Å². The number of anilines is 2. The zero-order valence-electron chi connectivity index (χ0n) is 18.0. The van der Waals surface area contributed by atoms with E-state index in [2.05, 4.69) is 10.9 Å². The van der Waals surface area contributed by atoms with Gasteiger partial charge in [0.15, 0.2) is 0 Å². The molecule has 1 fully saturated rings. The second-order valence-electron chi connectivity index (χ2n) is 7.92. The standard InChI is InChI=1S/C25H23Cl2N3O3/c1-16-2-9-21(10-3-16)30-14-18(12-24(30)31)25(32)29-28-20-8-11-23(22(27)13-20)33-15-17-4-6-19(26)7-5-17/h2-11,13,18,28H,12,14-15H2,1H3,(H,29,32)/t18-/m1/s1. The molecule has 1 aliphatic rings. The zero-order chi connectivity index (χ0) is 23.4. The number of amides is 2. The Morgan fingerprint density at radius 2 is 1.79 bits per heavy atom. The lowest BCUT2D eigenvalue weighted by molar-refractivity contribution is -0.125. The maximum Gasteiger partial charge on any atom is 0.243 e. The molecule has 8 heteroatoms. The normalized spacial score (nSPS) is 15.4. The highest BCUT2D eigenvalue weighted by atomic mass is 35.5. The molecule has 0 aromatic heterocycles.